The summed E-state index contributed by atoms with van der Waals surface area (Å²) in [7, 11) is 0.463. The van der Waals surface area contributed by atoms with E-state index in [0.717, 1.165) is 18.3 Å². The first-order valence-corrected chi connectivity index (χ1v) is 10.8. The molecule has 2 heteroatoms. The van der Waals surface area contributed by atoms with Gasteiger partial charge < -0.3 is 4.74 Å². The summed E-state index contributed by atoms with van der Waals surface area (Å²) in [6.07, 6.45) is 9.68. The Labute approximate surface area is 142 Å². The van der Waals surface area contributed by atoms with Crippen LogP contribution in [-0.4, -0.2) is 18.1 Å². The van der Waals surface area contributed by atoms with Crippen molar-refractivity contribution in [2.75, 3.05) is 18.1 Å². The van der Waals surface area contributed by atoms with E-state index in [1.54, 1.807) is 4.90 Å². The fourth-order valence-corrected chi connectivity index (χ4v) is 6.63. The van der Waals surface area contributed by atoms with E-state index in [9.17, 15) is 0 Å². The van der Waals surface area contributed by atoms with Crippen LogP contribution in [0.2, 0.25) is 0 Å². The monoisotopic (exact) mass is 327 g/mol. The van der Waals surface area contributed by atoms with Gasteiger partial charge in [-0.3, -0.25) is 0 Å². The van der Waals surface area contributed by atoms with Gasteiger partial charge in [-0.05, 0) is 43.4 Å². The molecule has 0 radical (unpaired) electrons. The summed E-state index contributed by atoms with van der Waals surface area (Å²) in [5, 5.41) is 2.74. The maximum absolute atomic E-state index is 6.20. The van der Waals surface area contributed by atoms with Crippen molar-refractivity contribution in [1.82, 2.24) is 0 Å². The fraction of sp³-hybridized carbons (Fsp3) is 0.524. The SMILES string of the molecule is c1ccc2c([S+]3CCCC3)ccc(OCCC3CCCC3)c2c1. The van der Waals surface area contributed by atoms with Gasteiger partial charge in [0.25, 0.3) is 0 Å². The van der Waals surface area contributed by atoms with Crippen LogP contribution in [-0.2, 0) is 10.9 Å². The van der Waals surface area contributed by atoms with Crippen LogP contribution in [0.4, 0.5) is 0 Å². The molecule has 0 aromatic heterocycles. The summed E-state index contributed by atoms with van der Waals surface area (Å²) in [6.45, 7) is 0.875. The highest BCUT2D eigenvalue weighted by molar-refractivity contribution is 7.97. The summed E-state index contributed by atoms with van der Waals surface area (Å²) >= 11 is 0. The second-order valence-corrected chi connectivity index (χ2v) is 9.25. The second kappa shape index (κ2) is 7.17. The molecule has 2 aromatic carbocycles. The third-order valence-corrected chi connectivity index (χ3v) is 7.99. The lowest BCUT2D eigenvalue weighted by atomic mass is 10.1. The zero-order valence-electron chi connectivity index (χ0n) is 13.9. The van der Waals surface area contributed by atoms with E-state index >= 15 is 0 Å². The molecule has 1 heterocycles. The van der Waals surface area contributed by atoms with Crippen molar-refractivity contribution >= 4 is 21.7 Å². The van der Waals surface area contributed by atoms with Gasteiger partial charge in [0.15, 0.2) is 4.90 Å². The lowest BCUT2D eigenvalue weighted by Crippen LogP contribution is -2.06. The van der Waals surface area contributed by atoms with Crippen molar-refractivity contribution in [1.29, 1.82) is 0 Å². The molecule has 1 nitrogen and oxygen atoms in total. The highest BCUT2D eigenvalue weighted by Gasteiger charge is 2.29. The predicted octanol–water partition coefficient (Wildman–Crippen LogP) is 5.57. The van der Waals surface area contributed by atoms with Crippen molar-refractivity contribution in [3.8, 4) is 5.75 Å². The van der Waals surface area contributed by atoms with Crippen molar-refractivity contribution in [2.24, 2.45) is 5.92 Å². The molecule has 0 amide bonds. The number of hydrogen-bond acceptors (Lipinski definition) is 1. The van der Waals surface area contributed by atoms with Crippen LogP contribution in [0.3, 0.4) is 0 Å². The molecule has 1 aliphatic heterocycles. The van der Waals surface area contributed by atoms with Crippen molar-refractivity contribution in [2.45, 2.75) is 49.8 Å². The predicted molar refractivity (Wildman–Crippen MR) is 101 cm³/mol. The van der Waals surface area contributed by atoms with Gasteiger partial charge in [-0.1, -0.05) is 43.9 Å². The first kappa shape index (κ1) is 15.4. The smallest absolute Gasteiger partial charge is 0.162 e. The summed E-state index contributed by atoms with van der Waals surface area (Å²) in [6, 6.07) is 13.4. The molecule has 122 valence electrons. The van der Waals surface area contributed by atoms with Crippen LogP contribution in [0.1, 0.15) is 44.9 Å². The third kappa shape index (κ3) is 3.38. The largest absolute Gasteiger partial charge is 0.493 e. The molecular formula is C21H27OS+. The maximum Gasteiger partial charge on any atom is 0.162 e. The van der Waals surface area contributed by atoms with E-state index in [1.165, 1.54) is 67.2 Å². The van der Waals surface area contributed by atoms with E-state index in [4.69, 9.17) is 4.74 Å². The van der Waals surface area contributed by atoms with Crippen LogP contribution in [0, 0.1) is 5.92 Å². The molecule has 0 bridgehead atoms. The molecule has 0 unspecified atom stereocenters. The molecule has 0 N–H and O–H groups in total. The van der Waals surface area contributed by atoms with E-state index in [-0.39, 0.29) is 0 Å². The van der Waals surface area contributed by atoms with E-state index < -0.39 is 0 Å². The Morgan fingerprint density at radius 2 is 1.61 bits per heavy atom. The Hall–Kier alpha value is -1.15. The third-order valence-electron chi connectivity index (χ3n) is 5.44. The molecule has 23 heavy (non-hydrogen) atoms. The van der Waals surface area contributed by atoms with Gasteiger partial charge in [0.2, 0.25) is 0 Å². The van der Waals surface area contributed by atoms with Gasteiger partial charge in [-0.25, -0.2) is 0 Å². The number of fused-ring (bicyclic) bond motifs is 1. The normalized spacial score (nSPS) is 19.7. The molecule has 2 fully saturated rings. The molecule has 4 rings (SSSR count). The van der Waals surface area contributed by atoms with Gasteiger partial charge in [0.1, 0.15) is 17.3 Å². The fourth-order valence-electron chi connectivity index (χ4n) is 4.13. The highest BCUT2D eigenvalue weighted by Crippen LogP contribution is 2.35. The number of hydrogen-bond donors (Lipinski definition) is 0. The summed E-state index contributed by atoms with van der Waals surface area (Å²) in [5.74, 6) is 4.75. The van der Waals surface area contributed by atoms with Gasteiger partial charge in [0.05, 0.1) is 6.61 Å². The standard InChI is InChI=1S/C21H27OS/c1-2-8-17(7-1)13-14-22-20-11-12-21(23-15-5-6-16-23)19-10-4-3-9-18(19)20/h3-4,9-12,17H,1-2,5-8,13-16H2/q+1. The molecule has 1 saturated heterocycles. The van der Waals surface area contributed by atoms with E-state index in [0.29, 0.717) is 10.9 Å². The Bertz CT molecular complexity index is 654. The second-order valence-electron chi connectivity index (χ2n) is 7.00. The van der Waals surface area contributed by atoms with Crippen molar-refractivity contribution in [3.05, 3.63) is 36.4 Å². The minimum atomic E-state index is 0.463. The Kier molecular flexibility index (Phi) is 4.80. The van der Waals surface area contributed by atoms with Gasteiger partial charge in [-0.2, -0.15) is 0 Å². The Balaban J connectivity index is 1.54. The summed E-state index contributed by atoms with van der Waals surface area (Å²) in [4.78, 5) is 1.57. The van der Waals surface area contributed by atoms with E-state index in [1.807, 2.05) is 0 Å². The topological polar surface area (TPSA) is 9.23 Å². The summed E-state index contributed by atoms with van der Waals surface area (Å²) in [5.41, 5.74) is 0. The van der Waals surface area contributed by atoms with Crippen molar-refractivity contribution in [3.63, 3.8) is 0 Å². The van der Waals surface area contributed by atoms with Gasteiger partial charge in [0, 0.05) is 21.7 Å². The van der Waals surface area contributed by atoms with Crippen LogP contribution in [0.15, 0.2) is 41.3 Å². The van der Waals surface area contributed by atoms with Crippen molar-refractivity contribution < 1.29 is 4.74 Å². The Morgan fingerprint density at radius 1 is 0.870 bits per heavy atom. The maximum atomic E-state index is 6.20. The Morgan fingerprint density at radius 3 is 2.39 bits per heavy atom. The zero-order chi connectivity index (χ0) is 15.5. The highest BCUT2D eigenvalue weighted by atomic mass is 32.2. The minimum absolute atomic E-state index is 0.463. The zero-order valence-corrected chi connectivity index (χ0v) is 14.7. The minimum Gasteiger partial charge on any atom is -0.493 e. The van der Waals surface area contributed by atoms with E-state index in [2.05, 4.69) is 36.4 Å². The molecule has 1 saturated carbocycles. The first-order valence-electron chi connectivity index (χ1n) is 9.24. The lowest BCUT2D eigenvalue weighted by molar-refractivity contribution is 0.282. The number of benzene rings is 2. The summed E-state index contributed by atoms with van der Waals surface area (Å²) < 4.78 is 6.20. The molecule has 1 aliphatic carbocycles. The number of ether oxygens (including phenoxy) is 1. The quantitative estimate of drug-likeness (QED) is 0.652. The average molecular weight is 328 g/mol. The lowest BCUT2D eigenvalue weighted by Gasteiger charge is -2.13. The first-order chi connectivity index (χ1) is 11.4. The van der Waals surface area contributed by atoms with Gasteiger partial charge in [-0.15, -0.1) is 0 Å². The van der Waals surface area contributed by atoms with Gasteiger partial charge >= 0.3 is 0 Å². The van der Waals surface area contributed by atoms with Crippen LogP contribution >= 0.6 is 0 Å². The molecule has 2 aromatic rings. The van der Waals surface area contributed by atoms with Crippen LogP contribution in [0.25, 0.3) is 10.8 Å². The van der Waals surface area contributed by atoms with Crippen LogP contribution < -0.4 is 4.74 Å². The average Bonchev–Trinajstić information content (AvgIpc) is 3.29. The molecule has 2 aliphatic rings. The number of rotatable bonds is 5. The molecule has 0 spiro atoms. The molecular weight excluding hydrogens is 300 g/mol. The molecule has 0 atom stereocenters. The van der Waals surface area contributed by atoms with Crippen LogP contribution in [0.5, 0.6) is 5.75 Å².